The number of nitrogens with one attached hydrogen (secondary N) is 1. The van der Waals surface area contributed by atoms with Crippen LogP contribution in [-0.4, -0.2) is 52.0 Å². The van der Waals surface area contributed by atoms with Gasteiger partial charge in [0.05, 0.1) is 14.2 Å². The molecule has 1 aliphatic rings. The molecule has 0 spiro atoms. The number of methoxy groups -OCH3 is 2. The molecule has 1 heterocycles. The lowest BCUT2D eigenvalue weighted by atomic mass is 9.98. The van der Waals surface area contributed by atoms with E-state index in [9.17, 15) is 13.6 Å². The fourth-order valence-corrected chi connectivity index (χ4v) is 1.95. The third kappa shape index (κ3) is 4.34. The Bertz CT molecular complexity index is 523. The van der Waals surface area contributed by atoms with Crippen LogP contribution in [-0.2, 0) is 14.3 Å². The number of aldehydes is 1. The molecule has 0 aromatic carbocycles. The molecule has 0 aromatic rings. The van der Waals surface area contributed by atoms with Crippen molar-refractivity contribution in [1.29, 1.82) is 0 Å². The molecule has 0 saturated carbocycles. The molecule has 0 aromatic heterocycles. The van der Waals surface area contributed by atoms with Crippen molar-refractivity contribution < 1.29 is 23.0 Å². The molecule has 0 saturated heterocycles. The number of rotatable bonds is 7. The molecule has 1 aliphatic heterocycles. The summed E-state index contributed by atoms with van der Waals surface area (Å²) in [5.41, 5.74) is 0.898. The Morgan fingerprint density at radius 1 is 1.41 bits per heavy atom. The molecule has 0 radical (unpaired) electrons. The van der Waals surface area contributed by atoms with Crippen LogP contribution in [0.1, 0.15) is 0 Å². The monoisotopic (exact) mass is 314 g/mol. The van der Waals surface area contributed by atoms with Gasteiger partial charge in [-0.15, -0.1) is 0 Å². The molecular weight excluding hydrogens is 294 g/mol. The van der Waals surface area contributed by atoms with Gasteiger partial charge in [0.25, 0.3) is 6.43 Å². The average Bonchev–Trinajstić information content (AvgIpc) is 2.49. The number of nitrogens with zero attached hydrogens (tertiary/aromatic N) is 1. The number of halogens is 2. The summed E-state index contributed by atoms with van der Waals surface area (Å²) in [4.78, 5) is 12.5. The number of carbonyl (C=O) groups is 1. The maximum Gasteiger partial charge on any atom is 0.261 e. The van der Waals surface area contributed by atoms with Crippen LogP contribution in [0.25, 0.3) is 0 Å². The molecule has 7 heteroatoms. The average molecular weight is 314 g/mol. The van der Waals surface area contributed by atoms with Crippen LogP contribution in [0.4, 0.5) is 8.78 Å². The minimum absolute atomic E-state index is 0.257. The highest BCUT2D eigenvalue weighted by Crippen LogP contribution is 2.30. The van der Waals surface area contributed by atoms with Crippen LogP contribution < -0.4 is 5.32 Å². The van der Waals surface area contributed by atoms with Crippen molar-refractivity contribution in [3.63, 3.8) is 0 Å². The van der Waals surface area contributed by atoms with E-state index in [0.717, 1.165) is 0 Å². The Kier molecular flexibility index (Phi) is 6.62. The summed E-state index contributed by atoms with van der Waals surface area (Å²) >= 11 is 0. The fourth-order valence-electron chi connectivity index (χ4n) is 1.95. The van der Waals surface area contributed by atoms with Gasteiger partial charge >= 0.3 is 0 Å². The highest BCUT2D eigenvalue weighted by Gasteiger charge is 2.26. The van der Waals surface area contributed by atoms with E-state index >= 15 is 0 Å². The Labute approximate surface area is 128 Å². The second-order valence-electron chi connectivity index (χ2n) is 4.70. The zero-order valence-electron chi connectivity index (χ0n) is 13.0. The Hall–Kier alpha value is -2.31. The molecule has 0 bridgehead atoms. The second kappa shape index (κ2) is 8.21. The first kappa shape index (κ1) is 17.7. The summed E-state index contributed by atoms with van der Waals surface area (Å²) in [6, 6.07) is -1.14. The zero-order valence-corrected chi connectivity index (χ0v) is 13.0. The molecule has 5 nitrogen and oxygen atoms in total. The number of carbonyl (C=O) groups excluding carboxylic acids is 1. The van der Waals surface area contributed by atoms with Crippen molar-refractivity contribution in [2.45, 2.75) is 12.5 Å². The van der Waals surface area contributed by atoms with E-state index in [1.54, 1.807) is 25.2 Å². The van der Waals surface area contributed by atoms with E-state index in [4.69, 9.17) is 9.47 Å². The molecule has 1 rings (SSSR count). The maximum absolute atomic E-state index is 13.0. The van der Waals surface area contributed by atoms with E-state index in [0.29, 0.717) is 23.2 Å². The number of alkyl halides is 2. The summed E-state index contributed by atoms with van der Waals surface area (Å²) in [6.07, 6.45) is 3.63. The van der Waals surface area contributed by atoms with Crippen molar-refractivity contribution in [3.8, 4) is 0 Å². The SMILES string of the molecule is COC1=CNC(C(F)F)C=C1C(=CN(C)C)/C(=C\C=O)OC. The van der Waals surface area contributed by atoms with Crippen LogP contribution in [0.15, 0.2) is 47.2 Å². The van der Waals surface area contributed by atoms with Gasteiger partial charge in [-0.2, -0.15) is 0 Å². The van der Waals surface area contributed by atoms with Gasteiger partial charge in [0.2, 0.25) is 0 Å². The highest BCUT2D eigenvalue weighted by atomic mass is 19.3. The lowest BCUT2D eigenvalue weighted by molar-refractivity contribution is -0.104. The zero-order chi connectivity index (χ0) is 16.7. The predicted octanol–water partition coefficient (Wildman–Crippen LogP) is 1.81. The summed E-state index contributed by atoms with van der Waals surface area (Å²) in [7, 11) is 6.39. The number of ether oxygens (including phenoxy) is 2. The minimum Gasteiger partial charge on any atom is -0.496 e. The first-order valence-corrected chi connectivity index (χ1v) is 6.53. The van der Waals surface area contributed by atoms with Crippen molar-refractivity contribution in [1.82, 2.24) is 10.2 Å². The van der Waals surface area contributed by atoms with Gasteiger partial charge in [-0.05, 0) is 6.08 Å². The van der Waals surface area contributed by atoms with Crippen LogP contribution in [0.2, 0.25) is 0 Å². The van der Waals surface area contributed by atoms with E-state index in [1.807, 2.05) is 0 Å². The summed E-state index contributed by atoms with van der Waals surface area (Å²) < 4.78 is 36.4. The van der Waals surface area contributed by atoms with Crippen molar-refractivity contribution >= 4 is 6.29 Å². The van der Waals surface area contributed by atoms with Crippen molar-refractivity contribution in [2.75, 3.05) is 28.3 Å². The first-order chi connectivity index (χ1) is 10.4. The normalized spacial score (nSPS) is 19.1. The lowest BCUT2D eigenvalue weighted by Crippen LogP contribution is -2.33. The third-order valence-electron chi connectivity index (χ3n) is 2.89. The van der Waals surface area contributed by atoms with Crippen molar-refractivity contribution in [3.05, 3.63) is 47.2 Å². The van der Waals surface area contributed by atoms with Crippen LogP contribution in [0.5, 0.6) is 0 Å². The quantitative estimate of drug-likeness (QED) is 0.336. The van der Waals surface area contributed by atoms with Crippen LogP contribution in [0, 0.1) is 0 Å². The first-order valence-electron chi connectivity index (χ1n) is 6.53. The number of hydrogen-bond donors (Lipinski definition) is 1. The number of allylic oxidation sites excluding steroid dienone is 3. The predicted molar refractivity (Wildman–Crippen MR) is 79.0 cm³/mol. The Balaban J connectivity index is 3.39. The minimum atomic E-state index is -2.58. The van der Waals surface area contributed by atoms with Crippen LogP contribution in [0.3, 0.4) is 0 Å². The van der Waals surface area contributed by atoms with Crippen molar-refractivity contribution in [2.24, 2.45) is 0 Å². The van der Waals surface area contributed by atoms with Gasteiger partial charge in [0.1, 0.15) is 23.8 Å². The van der Waals surface area contributed by atoms with E-state index in [2.05, 4.69) is 5.32 Å². The molecule has 22 heavy (non-hydrogen) atoms. The van der Waals surface area contributed by atoms with Gasteiger partial charge in [0, 0.05) is 43.7 Å². The lowest BCUT2D eigenvalue weighted by Gasteiger charge is -2.25. The largest absolute Gasteiger partial charge is 0.496 e. The van der Waals surface area contributed by atoms with E-state index in [1.165, 1.54) is 32.6 Å². The molecule has 1 atom stereocenters. The van der Waals surface area contributed by atoms with E-state index < -0.39 is 12.5 Å². The molecule has 1 N–H and O–H groups in total. The standard InChI is InChI=1S/C15H20F2N2O3/c1-19(2)9-11(13(21-3)5-6-20)10-7-12(15(16)17)18-8-14(10)22-4/h5-9,12,15,18H,1-4H3/b11-9?,13-5+. The Morgan fingerprint density at radius 3 is 2.55 bits per heavy atom. The molecule has 0 amide bonds. The van der Waals surface area contributed by atoms with Gasteiger partial charge < -0.3 is 19.7 Å². The molecule has 122 valence electrons. The maximum atomic E-state index is 13.0. The molecule has 1 unspecified atom stereocenters. The summed E-state index contributed by atoms with van der Waals surface area (Å²) in [6.45, 7) is 0. The fraction of sp³-hybridized carbons (Fsp3) is 0.400. The highest BCUT2D eigenvalue weighted by molar-refractivity contribution is 5.69. The summed E-state index contributed by atoms with van der Waals surface area (Å²) in [5, 5.41) is 2.56. The van der Waals surface area contributed by atoms with Gasteiger partial charge in [0.15, 0.2) is 0 Å². The van der Waals surface area contributed by atoms with Crippen LogP contribution >= 0.6 is 0 Å². The second-order valence-corrected chi connectivity index (χ2v) is 4.70. The molecule has 0 aliphatic carbocycles. The molecular formula is C15H20F2N2O3. The van der Waals surface area contributed by atoms with E-state index in [-0.39, 0.29) is 5.76 Å². The molecule has 0 fully saturated rings. The van der Waals surface area contributed by atoms with Gasteiger partial charge in [-0.3, -0.25) is 4.79 Å². The number of dihydropyridines is 1. The van der Waals surface area contributed by atoms with Gasteiger partial charge in [-0.25, -0.2) is 8.78 Å². The topological polar surface area (TPSA) is 50.8 Å². The Morgan fingerprint density at radius 2 is 2.09 bits per heavy atom. The number of hydrogen-bond acceptors (Lipinski definition) is 5. The van der Waals surface area contributed by atoms with Gasteiger partial charge in [-0.1, -0.05) is 0 Å². The third-order valence-corrected chi connectivity index (χ3v) is 2.89. The summed E-state index contributed by atoms with van der Waals surface area (Å²) in [5.74, 6) is 0.631. The smallest absolute Gasteiger partial charge is 0.261 e.